The second-order valence-electron chi connectivity index (χ2n) is 6.71. The molecule has 0 amide bonds. The van der Waals surface area contributed by atoms with Gasteiger partial charge in [0.1, 0.15) is 5.52 Å². The number of aliphatic carboxylic acids is 1. The molecule has 10 nitrogen and oxygen atoms in total. The van der Waals surface area contributed by atoms with E-state index in [1.54, 1.807) is 24.3 Å². The van der Waals surface area contributed by atoms with Crippen LogP contribution in [0.3, 0.4) is 0 Å². The van der Waals surface area contributed by atoms with Crippen molar-refractivity contribution in [3.05, 3.63) is 70.5 Å². The van der Waals surface area contributed by atoms with Gasteiger partial charge in [0.2, 0.25) is 0 Å². The Kier molecular flexibility index (Phi) is 16.7. The van der Waals surface area contributed by atoms with Gasteiger partial charge in [-0.05, 0) is 43.1 Å². The molecule has 0 aliphatic heterocycles. The third kappa shape index (κ3) is 11.2. The molecule has 2 aromatic carbocycles. The molecule has 2 N–H and O–H groups in total. The minimum Gasteiger partial charge on any atom is -0.652 e. The van der Waals surface area contributed by atoms with Gasteiger partial charge >= 0.3 is 109 Å². The van der Waals surface area contributed by atoms with E-state index in [0.717, 1.165) is 10.2 Å². The summed E-state index contributed by atoms with van der Waals surface area (Å²) < 4.78 is 1.15. The van der Waals surface area contributed by atoms with E-state index < -0.39 is 24.1 Å². The van der Waals surface area contributed by atoms with Crippen LogP contribution in [-0.2, 0) is 17.8 Å². The fourth-order valence-electron chi connectivity index (χ4n) is 3.07. The number of aromatic nitrogens is 3. The number of hydrogen-bond donors (Lipinski definition) is 2. The molecule has 0 aliphatic carbocycles. The standard InChI is InChI=1S/C20H21N3O4.CH2O3.2K/c24-18(11-10-14-6-2-1-3-7-14)16(20(26)27)12-13-23-19(25)15-8-4-5-9-17(15)21-22-23;2-1(3)4;;/h1-9,16,18,24H,10-13H2,(H,26,27);(H2,2,3,4);;/q;;2*+1/p-2/t16-,18+;;;/m0.../s1. The first-order valence-corrected chi connectivity index (χ1v) is 9.45. The first-order chi connectivity index (χ1) is 14.8. The average molecular weight is 506 g/mol. The minimum atomic E-state index is -2.33. The quantitative estimate of drug-likeness (QED) is 0.283. The molecule has 0 aliphatic rings. The van der Waals surface area contributed by atoms with Crippen molar-refractivity contribution in [1.82, 2.24) is 15.0 Å². The summed E-state index contributed by atoms with van der Waals surface area (Å²) in [4.78, 5) is 32.4. The summed E-state index contributed by atoms with van der Waals surface area (Å²) in [5.74, 6) is -2.06. The van der Waals surface area contributed by atoms with Gasteiger partial charge in [-0.1, -0.05) is 47.7 Å². The number of carbonyl (C=O) groups excluding carboxylic acids is 1. The summed E-state index contributed by atoms with van der Waals surface area (Å²) in [6.07, 6.45) is -2.33. The van der Waals surface area contributed by atoms with Crippen LogP contribution < -0.4 is 119 Å². The second-order valence-corrected chi connectivity index (χ2v) is 6.71. The molecule has 3 rings (SSSR count). The SMILES string of the molecule is O=C(O)[C@@H](CCn1nnc2ccccc2c1=O)[C@H](O)CCc1ccccc1.O=C([O-])[O-].[K+].[K+]. The predicted molar refractivity (Wildman–Crippen MR) is 106 cm³/mol. The van der Waals surface area contributed by atoms with Crippen LogP contribution in [-0.4, -0.2) is 43.4 Å². The van der Waals surface area contributed by atoms with Gasteiger partial charge in [0.15, 0.2) is 0 Å². The topological polar surface area (TPSA) is 168 Å². The second kappa shape index (κ2) is 17.0. The Morgan fingerprint density at radius 3 is 2.15 bits per heavy atom. The van der Waals surface area contributed by atoms with Crippen LogP contribution in [0.15, 0.2) is 59.4 Å². The van der Waals surface area contributed by atoms with Crippen molar-refractivity contribution in [2.45, 2.75) is 31.9 Å². The molecule has 0 spiro atoms. The summed E-state index contributed by atoms with van der Waals surface area (Å²) in [7, 11) is 0. The fraction of sp³-hybridized carbons (Fsp3) is 0.286. The van der Waals surface area contributed by atoms with Crippen LogP contribution in [0.4, 0.5) is 4.79 Å². The van der Waals surface area contributed by atoms with Crippen molar-refractivity contribution in [3.8, 4) is 0 Å². The Morgan fingerprint density at radius 2 is 1.55 bits per heavy atom. The van der Waals surface area contributed by atoms with Crippen LogP contribution >= 0.6 is 0 Å². The molecule has 0 bridgehead atoms. The zero-order valence-electron chi connectivity index (χ0n) is 18.5. The maximum absolute atomic E-state index is 12.4. The Hall–Kier alpha value is -0.517. The summed E-state index contributed by atoms with van der Waals surface area (Å²) in [6.45, 7) is 0.0794. The van der Waals surface area contributed by atoms with Gasteiger partial charge in [-0.25, -0.2) is 4.68 Å². The van der Waals surface area contributed by atoms with E-state index in [2.05, 4.69) is 10.3 Å². The molecular weight excluding hydrogens is 484 g/mol. The van der Waals surface area contributed by atoms with Gasteiger partial charge in [0.05, 0.1) is 17.4 Å². The van der Waals surface area contributed by atoms with Crippen molar-refractivity contribution < 1.29 is 133 Å². The Bertz CT molecular complexity index is 1080. The maximum atomic E-state index is 12.4. The molecule has 0 radical (unpaired) electrons. The molecule has 12 heteroatoms. The normalized spacial score (nSPS) is 11.7. The molecule has 0 saturated carbocycles. The van der Waals surface area contributed by atoms with Crippen LogP contribution in [0.1, 0.15) is 18.4 Å². The van der Waals surface area contributed by atoms with Crippen molar-refractivity contribution in [2.75, 3.05) is 0 Å². The molecule has 0 unspecified atom stereocenters. The number of carboxylic acids is 1. The number of aryl methyl sites for hydroxylation is 2. The molecule has 3 aromatic rings. The van der Waals surface area contributed by atoms with E-state index in [1.807, 2.05) is 30.3 Å². The molecular formula is C21H21K2N3O7. The number of hydrogen-bond acceptors (Lipinski definition) is 8. The summed E-state index contributed by atoms with van der Waals surface area (Å²) in [5.41, 5.74) is 1.22. The smallest absolute Gasteiger partial charge is 0.652 e. The fourth-order valence-corrected chi connectivity index (χ4v) is 3.07. The van der Waals surface area contributed by atoms with Gasteiger partial charge in [0.25, 0.3) is 5.56 Å². The third-order valence-electron chi connectivity index (χ3n) is 4.63. The van der Waals surface area contributed by atoms with Gasteiger partial charge in [-0.3, -0.25) is 9.59 Å². The number of nitrogens with zero attached hydrogens (tertiary/aromatic N) is 3. The van der Waals surface area contributed by atoms with E-state index in [1.165, 1.54) is 0 Å². The van der Waals surface area contributed by atoms with E-state index in [-0.39, 0.29) is 121 Å². The first kappa shape index (κ1) is 32.5. The number of fused-ring (bicyclic) bond motifs is 1. The van der Waals surface area contributed by atoms with E-state index in [0.29, 0.717) is 23.7 Å². The van der Waals surface area contributed by atoms with Crippen LogP contribution in [0.2, 0.25) is 0 Å². The molecule has 0 fully saturated rings. The Labute approximate surface area is 274 Å². The summed E-state index contributed by atoms with van der Waals surface area (Å²) >= 11 is 0. The third-order valence-corrected chi connectivity index (χ3v) is 4.63. The number of aliphatic hydroxyl groups excluding tert-OH is 1. The molecule has 2 atom stereocenters. The molecule has 1 aromatic heterocycles. The first-order valence-electron chi connectivity index (χ1n) is 9.45. The molecule has 0 saturated heterocycles. The number of aliphatic hydroxyl groups is 1. The van der Waals surface area contributed by atoms with Crippen LogP contribution in [0.5, 0.6) is 0 Å². The molecule has 1 heterocycles. The maximum Gasteiger partial charge on any atom is 1.00 e. The summed E-state index contributed by atoms with van der Waals surface area (Å²) in [5, 5.41) is 44.8. The zero-order chi connectivity index (χ0) is 22.8. The van der Waals surface area contributed by atoms with Crippen LogP contribution in [0.25, 0.3) is 10.9 Å². The predicted octanol–water partition coefficient (Wildman–Crippen LogP) is -6.56. The van der Waals surface area contributed by atoms with E-state index in [4.69, 9.17) is 15.0 Å². The largest absolute Gasteiger partial charge is 1.00 e. The number of rotatable bonds is 8. The number of carboxylic acid groups (broad SMARTS) is 3. The van der Waals surface area contributed by atoms with Crippen LogP contribution in [0, 0.1) is 5.92 Å². The van der Waals surface area contributed by atoms with Crippen molar-refractivity contribution in [1.29, 1.82) is 0 Å². The number of carbonyl (C=O) groups is 2. The van der Waals surface area contributed by atoms with Gasteiger partial charge in [0, 0.05) is 6.54 Å². The Balaban J connectivity index is 0.00000158. The van der Waals surface area contributed by atoms with E-state index >= 15 is 0 Å². The monoisotopic (exact) mass is 505 g/mol. The summed E-state index contributed by atoms with van der Waals surface area (Å²) in [6, 6.07) is 16.4. The Morgan fingerprint density at radius 1 is 0.970 bits per heavy atom. The van der Waals surface area contributed by atoms with Crippen molar-refractivity contribution in [2.24, 2.45) is 5.92 Å². The molecule has 164 valence electrons. The van der Waals surface area contributed by atoms with Crippen molar-refractivity contribution >= 4 is 23.0 Å². The zero-order valence-corrected chi connectivity index (χ0v) is 24.7. The van der Waals surface area contributed by atoms with Gasteiger partial charge < -0.3 is 25.2 Å². The minimum absolute atomic E-state index is 0. The van der Waals surface area contributed by atoms with Crippen molar-refractivity contribution in [3.63, 3.8) is 0 Å². The van der Waals surface area contributed by atoms with Gasteiger partial charge in [-0.15, -0.1) is 5.10 Å². The molecule has 33 heavy (non-hydrogen) atoms. The average Bonchev–Trinajstić information content (AvgIpc) is 2.74. The van der Waals surface area contributed by atoms with Gasteiger partial charge in [-0.2, -0.15) is 0 Å². The van der Waals surface area contributed by atoms with E-state index in [9.17, 15) is 19.8 Å². The number of benzene rings is 2.